The Labute approximate surface area is 110 Å². The number of hydrogen-bond acceptors (Lipinski definition) is 2. The zero-order valence-corrected chi connectivity index (χ0v) is 10.5. The molecule has 0 heterocycles. The van der Waals surface area contributed by atoms with Crippen LogP contribution >= 0.6 is 11.6 Å². The lowest BCUT2D eigenvalue weighted by molar-refractivity contribution is 0.297. The molecule has 0 aliphatic heterocycles. The van der Waals surface area contributed by atoms with Crippen LogP contribution in [0.1, 0.15) is 11.1 Å². The van der Waals surface area contributed by atoms with Crippen molar-refractivity contribution in [2.24, 2.45) is 5.73 Å². The van der Waals surface area contributed by atoms with Crippen molar-refractivity contribution in [3.63, 3.8) is 0 Å². The zero-order valence-electron chi connectivity index (χ0n) is 9.70. The second-order valence-corrected chi connectivity index (χ2v) is 4.21. The maximum absolute atomic E-state index is 13.4. The third kappa shape index (κ3) is 2.81. The SMILES string of the molecule is NCc1c(Cl)cccc1OCc1ccccc1F. The lowest BCUT2D eigenvalue weighted by Crippen LogP contribution is -2.04. The Morgan fingerprint density at radius 3 is 2.61 bits per heavy atom. The lowest BCUT2D eigenvalue weighted by Gasteiger charge is -2.12. The standard InChI is InChI=1S/C14H13ClFNO/c15-12-5-3-7-14(11(12)8-17)18-9-10-4-1-2-6-13(10)16/h1-7H,8-9,17H2. The second-order valence-electron chi connectivity index (χ2n) is 3.80. The number of halogens is 2. The van der Waals surface area contributed by atoms with Gasteiger partial charge in [-0.3, -0.25) is 0 Å². The minimum atomic E-state index is -0.283. The predicted molar refractivity (Wildman–Crippen MR) is 70.1 cm³/mol. The smallest absolute Gasteiger partial charge is 0.129 e. The molecule has 2 rings (SSSR count). The molecule has 18 heavy (non-hydrogen) atoms. The van der Waals surface area contributed by atoms with E-state index in [1.54, 1.807) is 36.4 Å². The average Bonchev–Trinajstić information content (AvgIpc) is 2.38. The van der Waals surface area contributed by atoms with E-state index in [0.29, 0.717) is 16.3 Å². The van der Waals surface area contributed by atoms with Gasteiger partial charge in [-0.15, -0.1) is 0 Å². The third-order valence-corrected chi connectivity index (χ3v) is 2.98. The highest BCUT2D eigenvalue weighted by atomic mass is 35.5. The Morgan fingerprint density at radius 2 is 1.89 bits per heavy atom. The van der Waals surface area contributed by atoms with Gasteiger partial charge in [0.25, 0.3) is 0 Å². The van der Waals surface area contributed by atoms with E-state index in [0.717, 1.165) is 5.56 Å². The van der Waals surface area contributed by atoms with Crippen LogP contribution in [0.25, 0.3) is 0 Å². The molecule has 0 radical (unpaired) electrons. The molecule has 2 aromatic carbocycles. The summed E-state index contributed by atoms with van der Waals surface area (Å²) in [5, 5.41) is 0.559. The molecule has 0 atom stereocenters. The van der Waals surface area contributed by atoms with Gasteiger partial charge in [-0.2, -0.15) is 0 Å². The first-order valence-corrected chi connectivity index (χ1v) is 5.94. The van der Waals surface area contributed by atoms with E-state index in [9.17, 15) is 4.39 Å². The highest BCUT2D eigenvalue weighted by Gasteiger charge is 2.08. The summed E-state index contributed by atoms with van der Waals surface area (Å²) in [6, 6.07) is 11.8. The van der Waals surface area contributed by atoms with Gasteiger partial charge in [0, 0.05) is 22.7 Å². The van der Waals surface area contributed by atoms with Crippen LogP contribution in [0.2, 0.25) is 5.02 Å². The molecule has 0 saturated heterocycles. The summed E-state index contributed by atoms with van der Waals surface area (Å²) in [4.78, 5) is 0. The molecule has 2 N–H and O–H groups in total. The number of rotatable bonds is 4. The van der Waals surface area contributed by atoms with Gasteiger partial charge >= 0.3 is 0 Å². The number of ether oxygens (including phenoxy) is 1. The Morgan fingerprint density at radius 1 is 1.11 bits per heavy atom. The van der Waals surface area contributed by atoms with Crippen LogP contribution in [0.4, 0.5) is 4.39 Å². The van der Waals surface area contributed by atoms with Crippen molar-refractivity contribution in [2.45, 2.75) is 13.2 Å². The fourth-order valence-corrected chi connectivity index (χ4v) is 1.89. The molecule has 0 fully saturated rings. The zero-order chi connectivity index (χ0) is 13.0. The Hall–Kier alpha value is -1.58. The Kier molecular flexibility index (Phi) is 4.18. The van der Waals surface area contributed by atoms with Gasteiger partial charge in [0.2, 0.25) is 0 Å². The molecule has 0 saturated carbocycles. The Balaban J connectivity index is 2.16. The van der Waals surface area contributed by atoms with Crippen LogP contribution in [0.5, 0.6) is 5.75 Å². The van der Waals surface area contributed by atoms with E-state index in [1.165, 1.54) is 6.07 Å². The van der Waals surface area contributed by atoms with E-state index < -0.39 is 0 Å². The highest BCUT2D eigenvalue weighted by Crippen LogP contribution is 2.26. The van der Waals surface area contributed by atoms with E-state index in [2.05, 4.69) is 0 Å². The van der Waals surface area contributed by atoms with Gasteiger partial charge in [-0.1, -0.05) is 35.9 Å². The van der Waals surface area contributed by atoms with Crippen molar-refractivity contribution in [1.29, 1.82) is 0 Å². The molecule has 0 aliphatic carbocycles. The Bertz CT molecular complexity index is 545. The summed E-state index contributed by atoms with van der Waals surface area (Å²) >= 11 is 6.01. The van der Waals surface area contributed by atoms with E-state index in [4.69, 9.17) is 22.1 Å². The van der Waals surface area contributed by atoms with Crippen molar-refractivity contribution in [2.75, 3.05) is 0 Å². The van der Waals surface area contributed by atoms with Gasteiger partial charge in [0.15, 0.2) is 0 Å². The van der Waals surface area contributed by atoms with Gasteiger partial charge in [0.1, 0.15) is 18.2 Å². The summed E-state index contributed by atoms with van der Waals surface area (Å²) in [7, 11) is 0. The van der Waals surface area contributed by atoms with Gasteiger partial charge in [-0.05, 0) is 18.2 Å². The molecule has 4 heteroatoms. The maximum Gasteiger partial charge on any atom is 0.129 e. The molecule has 0 spiro atoms. The molecule has 94 valence electrons. The predicted octanol–water partition coefficient (Wildman–Crippen LogP) is 3.52. The molecule has 0 bridgehead atoms. The molecule has 0 aliphatic rings. The first kappa shape index (κ1) is 12.9. The van der Waals surface area contributed by atoms with Gasteiger partial charge in [-0.25, -0.2) is 4.39 Å². The van der Waals surface area contributed by atoms with Gasteiger partial charge < -0.3 is 10.5 Å². The molecule has 0 unspecified atom stereocenters. The largest absolute Gasteiger partial charge is 0.488 e. The van der Waals surface area contributed by atoms with Crippen LogP contribution < -0.4 is 10.5 Å². The van der Waals surface area contributed by atoms with Crippen LogP contribution in [0.3, 0.4) is 0 Å². The normalized spacial score (nSPS) is 10.4. The molecule has 0 amide bonds. The summed E-state index contributed by atoms with van der Waals surface area (Å²) in [5.74, 6) is 0.307. The minimum absolute atomic E-state index is 0.153. The van der Waals surface area contributed by atoms with Crippen molar-refractivity contribution < 1.29 is 9.13 Å². The first-order chi connectivity index (χ1) is 8.72. The van der Waals surface area contributed by atoms with Crippen molar-refractivity contribution in [3.8, 4) is 5.75 Å². The summed E-state index contributed by atoms with van der Waals surface area (Å²) < 4.78 is 19.0. The van der Waals surface area contributed by atoms with Crippen LogP contribution in [0.15, 0.2) is 42.5 Å². The van der Waals surface area contributed by atoms with Crippen molar-refractivity contribution in [1.82, 2.24) is 0 Å². The summed E-state index contributed by atoms with van der Waals surface area (Å²) in [6.45, 7) is 0.437. The summed E-state index contributed by atoms with van der Waals surface area (Å²) in [5.41, 5.74) is 6.84. The number of nitrogens with two attached hydrogens (primary N) is 1. The minimum Gasteiger partial charge on any atom is -0.488 e. The summed E-state index contributed by atoms with van der Waals surface area (Å²) in [6.07, 6.45) is 0. The third-order valence-electron chi connectivity index (χ3n) is 2.62. The average molecular weight is 266 g/mol. The lowest BCUT2D eigenvalue weighted by atomic mass is 10.2. The number of benzene rings is 2. The topological polar surface area (TPSA) is 35.2 Å². The highest BCUT2D eigenvalue weighted by molar-refractivity contribution is 6.31. The quantitative estimate of drug-likeness (QED) is 0.918. The van der Waals surface area contributed by atoms with E-state index in [1.807, 2.05) is 0 Å². The molecular formula is C14H13ClFNO. The monoisotopic (exact) mass is 265 g/mol. The molecule has 2 nitrogen and oxygen atoms in total. The van der Waals surface area contributed by atoms with Crippen molar-refractivity contribution in [3.05, 3.63) is 64.4 Å². The fraction of sp³-hybridized carbons (Fsp3) is 0.143. The number of hydrogen-bond donors (Lipinski definition) is 1. The van der Waals surface area contributed by atoms with Crippen molar-refractivity contribution >= 4 is 11.6 Å². The maximum atomic E-state index is 13.4. The molecular weight excluding hydrogens is 253 g/mol. The fourth-order valence-electron chi connectivity index (χ4n) is 1.64. The van der Waals surface area contributed by atoms with Crippen LogP contribution in [-0.2, 0) is 13.2 Å². The second kappa shape index (κ2) is 5.85. The first-order valence-electron chi connectivity index (χ1n) is 5.56. The molecule has 2 aromatic rings. The van der Waals surface area contributed by atoms with E-state index >= 15 is 0 Å². The van der Waals surface area contributed by atoms with E-state index in [-0.39, 0.29) is 19.0 Å². The van der Waals surface area contributed by atoms with Gasteiger partial charge in [0.05, 0.1) is 0 Å². The van der Waals surface area contributed by atoms with Crippen LogP contribution in [-0.4, -0.2) is 0 Å². The van der Waals surface area contributed by atoms with Crippen LogP contribution in [0, 0.1) is 5.82 Å². The molecule has 0 aromatic heterocycles.